The van der Waals surface area contributed by atoms with Crippen molar-refractivity contribution in [1.29, 1.82) is 5.26 Å². The summed E-state index contributed by atoms with van der Waals surface area (Å²) in [5.74, 6) is 0.188. The monoisotopic (exact) mass is 346 g/mol. The van der Waals surface area contributed by atoms with Crippen LogP contribution in [-0.2, 0) is 16.1 Å². The van der Waals surface area contributed by atoms with Gasteiger partial charge in [0.05, 0.1) is 18.1 Å². The molecule has 0 aliphatic rings. The van der Waals surface area contributed by atoms with Crippen LogP contribution in [0.3, 0.4) is 0 Å². The van der Waals surface area contributed by atoms with Crippen molar-refractivity contribution in [2.24, 2.45) is 5.73 Å². The van der Waals surface area contributed by atoms with Gasteiger partial charge in [-0.3, -0.25) is 4.79 Å². The van der Waals surface area contributed by atoms with Crippen LogP contribution >= 0.6 is 12.4 Å². The minimum Gasteiger partial charge on any atom is -0.492 e. The van der Waals surface area contributed by atoms with Gasteiger partial charge in [-0.05, 0) is 23.8 Å². The van der Waals surface area contributed by atoms with E-state index in [0.717, 1.165) is 5.56 Å². The smallest absolute Gasteiger partial charge is 0.307 e. The number of nitriles is 1. The fourth-order valence-electron chi connectivity index (χ4n) is 1.93. The van der Waals surface area contributed by atoms with Gasteiger partial charge in [-0.25, -0.2) is 0 Å². The molecule has 0 saturated carbocycles. The van der Waals surface area contributed by atoms with Crippen molar-refractivity contribution in [1.82, 2.24) is 0 Å². The van der Waals surface area contributed by atoms with Gasteiger partial charge >= 0.3 is 5.97 Å². The molecule has 2 N–H and O–H groups in total. The zero-order valence-electron chi connectivity index (χ0n) is 13.1. The Balaban J connectivity index is 0.00000288. The molecular weight excluding hydrogens is 328 g/mol. The molecule has 0 unspecified atom stereocenters. The quantitative estimate of drug-likeness (QED) is 0.779. The molecule has 0 bridgehead atoms. The maximum absolute atomic E-state index is 11.7. The number of hydrogen-bond acceptors (Lipinski definition) is 5. The average Bonchev–Trinajstić information content (AvgIpc) is 2.59. The highest BCUT2D eigenvalue weighted by Gasteiger charge is 2.12. The van der Waals surface area contributed by atoms with Gasteiger partial charge in [-0.2, -0.15) is 5.26 Å². The molecule has 1 atom stereocenters. The van der Waals surface area contributed by atoms with Gasteiger partial charge in [0.2, 0.25) is 0 Å². The molecule has 0 aliphatic heterocycles. The molecule has 0 fully saturated rings. The predicted molar refractivity (Wildman–Crippen MR) is 92.7 cm³/mol. The Hall–Kier alpha value is -2.55. The molecule has 126 valence electrons. The minimum atomic E-state index is -0.469. The first-order chi connectivity index (χ1) is 11.2. The lowest BCUT2D eigenvalue weighted by Gasteiger charge is -2.13. The van der Waals surface area contributed by atoms with Gasteiger partial charge in [0.15, 0.2) is 0 Å². The van der Waals surface area contributed by atoms with Gasteiger partial charge in [0, 0.05) is 6.04 Å². The molecule has 2 aromatic rings. The first-order valence-electron chi connectivity index (χ1n) is 7.25. The SMILES string of the molecule is Cl.N#Cc1cccc(OC[C@H](N)CC(=O)OCc2ccccc2)c1. The van der Waals surface area contributed by atoms with Gasteiger partial charge in [-0.15, -0.1) is 12.4 Å². The summed E-state index contributed by atoms with van der Waals surface area (Å²) < 4.78 is 10.7. The van der Waals surface area contributed by atoms with E-state index in [4.69, 9.17) is 20.5 Å². The van der Waals surface area contributed by atoms with E-state index in [1.807, 2.05) is 36.4 Å². The van der Waals surface area contributed by atoms with Crippen LogP contribution in [0.25, 0.3) is 0 Å². The first-order valence-corrected chi connectivity index (χ1v) is 7.25. The third-order valence-corrected chi connectivity index (χ3v) is 3.10. The molecule has 6 heteroatoms. The Morgan fingerprint density at radius 3 is 2.62 bits per heavy atom. The molecule has 24 heavy (non-hydrogen) atoms. The maximum atomic E-state index is 11.7. The van der Waals surface area contributed by atoms with E-state index in [0.29, 0.717) is 11.3 Å². The topological polar surface area (TPSA) is 85.3 Å². The van der Waals surface area contributed by atoms with Gasteiger partial charge in [-0.1, -0.05) is 36.4 Å². The number of nitrogens with zero attached hydrogens (tertiary/aromatic N) is 1. The number of benzene rings is 2. The largest absolute Gasteiger partial charge is 0.492 e. The Morgan fingerprint density at radius 2 is 1.92 bits per heavy atom. The molecular formula is C18H19ClN2O3. The number of carbonyl (C=O) groups excluding carboxylic acids is 1. The van der Waals surface area contributed by atoms with Crippen molar-refractivity contribution in [2.75, 3.05) is 6.61 Å². The van der Waals surface area contributed by atoms with E-state index in [2.05, 4.69) is 0 Å². The highest BCUT2D eigenvalue weighted by Crippen LogP contribution is 2.13. The van der Waals surface area contributed by atoms with E-state index in [-0.39, 0.29) is 38.0 Å². The predicted octanol–water partition coefficient (Wildman–Crippen LogP) is 2.82. The molecule has 0 radical (unpaired) electrons. The summed E-state index contributed by atoms with van der Waals surface area (Å²) in [7, 11) is 0. The number of hydrogen-bond donors (Lipinski definition) is 1. The van der Waals surface area contributed by atoms with Gasteiger partial charge in [0.25, 0.3) is 0 Å². The fourth-order valence-corrected chi connectivity index (χ4v) is 1.93. The first kappa shape index (κ1) is 19.5. The van der Waals surface area contributed by atoms with Crippen LogP contribution in [0.5, 0.6) is 5.75 Å². The molecule has 0 aromatic heterocycles. The zero-order valence-corrected chi connectivity index (χ0v) is 13.9. The van der Waals surface area contributed by atoms with Gasteiger partial charge in [0.1, 0.15) is 19.0 Å². The molecule has 0 heterocycles. The standard InChI is InChI=1S/C18H18N2O3.ClH/c19-11-15-7-4-8-17(9-15)22-13-16(20)10-18(21)23-12-14-5-2-1-3-6-14;/h1-9,16H,10,12-13,20H2;1H/t16-;/m1./s1. The number of ether oxygens (including phenoxy) is 2. The molecule has 0 amide bonds. The normalized spacial score (nSPS) is 10.8. The third-order valence-electron chi connectivity index (χ3n) is 3.10. The third kappa shape index (κ3) is 6.69. The molecule has 2 rings (SSSR count). The Morgan fingerprint density at radius 1 is 1.17 bits per heavy atom. The molecule has 2 aromatic carbocycles. The Bertz CT molecular complexity index is 686. The van der Waals surface area contributed by atoms with Crippen molar-refractivity contribution in [3.63, 3.8) is 0 Å². The Labute approximate surface area is 147 Å². The summed E-state index contributed by atoms with van der Waals surface area (Å²) in [5.41, 5.74) is 7.31. The second-order valence-electron chi connectivity index (χ2n) is 5.06. The number of halogens is 1. The summed E-state index contributed by atoms with van der Waals surface area (Å²) in [6.45, 7) is 0.410. The van der Waals surface area contributed by atoms with Gasteiger partial charge < -0.3 is 15.2 Å². The fraction of sp³-hybridized carbons (Fsp3) is 0.222. The molecule has 0 aliphatic carbocycles. The highest BCUT2D eigenvalue weighted by molar-refractivity contribution is 5.85. The number of carbonyl (C=O) groups is 1. The molecule has 5 nitrogen and oxygen atoms in total. The highest BCUT2D eigenvalue weighted by atomic mass is 35.5. The van der Waals surface area contributed by atoms with E-state index in [9.17, 15) is 4.79 Å². The lowest BCUT2D eigenvalue weighted by molar-refractivity contribution is -0.145. The van der Waals surface area contributed by atoms with Crippen LogP contribution in [-0.4, -0.2) is 18.6 Å². The van der Waals surface area contributed by atoms with Crippen LogP contribution in [0, 0.1) is 11.3 Å². The lowest BCUT2D eigenvalue weighted by Crippen LogP contribution is -2.31. The van der Waals surface area contributed by atoms with Crippen LogP contribution < -0.4 is 10.5 Å². The average molecular weight is 347 g/mol. The van der Waals surface area contributed by atoms with E-state index >= 15 is 0 Å². The van der Waals surface area contributed by atoms with Crippen LogP contribution in [0.15, 0.2) is 54.6 Å². The summed E-state index contributed by atoms with van der Waals surface area (Å²) in [5, 5.41) is 8.82. The second kappa shape index (κ2) is 10.3. The van der Waals surface area contributed by atoms with E-state index < -0.39 is 6.04 Å². The summed E-state index contributed by atoms with van der Waals surface area (Å²) in [6.07, 6.45) is 0.0742. The van der Waals surface area contributed by atoms with E-state index in [1.54, 1.807) is 24.3 Å². The van der Waals surface area contributed by atoms with Crippen molar-refractivity contribution in [3.8, 4) is 11.8 Å². The molecule has 0 spiro atoms. The Kier molecular flexibility index (Phi) is 8.34. The van der Waals surface area contributed by atoms with E-state index in [1.165, 1.54) is 0 Å². The minimum absolute atomic E-state index is 0. The summed E-state index contributed by atoms with van der Waals surface area (Å²) in [6, 6.07) is 17.8. The van der Waals surface area contributed by atoms with Crippen LogP contribution in [0.2, 0.25) is 0 Å². The number of esters is 1. The zero-order chi connectivity index (χ0) is 16.5. The van der Waals surface area contributed by atoms with Crippen molar-refractivity contribution >= 4 is 18.4 Å². The maximum Gasteiger partial charge on any atom is 0.307 e. The lowest BCUT2D eigenvalue weighted by atomic mass is 10.2. The second-order valence-corrected chi connectivity index (χ2v) is 5.06. The summed E-state index contributed by atoms with van der Waals surface area (Å²) >= 11 is 0. The van der Waals surface area contributed by atoms with Crippen LogP contribution in [0.4, 0.5) is 0 Å². The van der Waals surface area contributed by atoms with Crippen molar-refractivity contribution < 1.29 is 14.3 Å². The van der Waals surface area contributed by atoms with Crippen molar-refractivity contribution in [3.05, 3.63) is 65.7 Å². The van der Waals surface area contributed by atoms with Crippen molar-refractivity contribution in [2.45, 2.75) is 19.1 Å². The number of rotatable bonds is 7. The molecule has 0 saturated heterocycles. The number of nitrogens with two attached hydrogens (primary N) is 1. The summed E-state index contributed by atoms with van der Waals surface area (Å²) in [4.78, 5) is 11.7. The van der Waals surface area contributed by atoms with Crippen LogP contribution in [0.1, 0.15) is 17.5 Å².